The van der Waals surface area contributed by atoms with Crippen LogP contribution in [0.15, 0.2) is 76.7 Å². The number of para-hydroxylation sites is 1. The summed E-state index contributed by atoms with van der Waals surface area (Å²) < 4.78 is 30.9. The standard InChI is InChI=1S/C37H45F2N7O3S/c1-46-32(19-24-21-42-29-11-4-3-10-25(24)29)36(48)44-22-26-27(38)15-16-28(39)34(26)50-33-14-5-2-9-23(33)20-43-30(13-8-18-41)35(47)45-31(37(46)49)12-6-7-17-40/h2-5,9-11,14-16,21,30-32,42-43H,6-8,12-13,17-20,22,40-41H2,1H3,(H,44,48)(H,45,47)/t30-,31-,32-/m0/s1. The van der Waals surface area contributed by atoms with Crippen LogP contribution in [0.2, 0.25) is 0 Å². The van der Waals surface area contributed by atoms with Gasteiger partial charge in [-0.3, -0.25) is 14.4 Å². The molecule has 8 N–H and O–H groups in total. The Balaban J connectivity index is 1.58. The minimum Gasteiger partial charge on any atom is -0.361 e. The number of H-pyrrole nitrogens is 1. The Bertz CT molecular complexity index is 1800. The van der Waals surface area contributed by atoms with Crippen molar-refractivity contribution in [1.82, 2.24) is 25.8 Å². The van der Waals surface area contributed by atoms with Crippen molar-refractivity contribution in [3.63, 3.8) is 0 Å². The molecule has 50 heavy (non-hydrogen) atoms. The van der Waals surface area contributed by atoms with Crippen molar-refractivity contribution >= 4 is 40.4 Å². The highest BCUT2D eigenvalue weighted by Crippen LogP contribution is 2.36. The first kappa shape index (κ1) is 37.0. The molecule has 1 aliphatic rings. The lowest BCUT2D eigenvalue weighted by molar-refractivity contribution is -0.142. The molecule has 0 fully saturated rings. The van der Waals surface area contributed by atoms with Gasteiger partial charge in [-0.1, -0.05) is 48.2 Å². The number of benzene rings is 3. The van der Waals surface area contributed by atoms with E-state index in [4.69, 9.17) is 11.5 Å². The van der Waals surface area contributed by atoms with Gasteiger partial charge in [0.1, 0.15) is 23.7 Å². The third-order valence-corrected chi connectivity index (χ3v) is 10.4. The molecule has 266 valence electrons. The molecule has 1 aliphatic heterocycles. The van der Waals surface area contributed by atoms with Gasteiger partial charge in [0, 0.05) is 54.1 Å². The number of halogens is 2. The Morgan fingerprint density at radius 1 is 0.840 bits per heavy atom. The highest BCUT2D eigenvalue weighted by atomic mass is 32.2. The van der Waals surface area contributed by atoms with E-state index in [1.807, 2.05) is 36.4 Å². The molecule has 10 nitrogen and oxygen atoms in total. The number of carbonyl (C=O) groups excluding carboxylic acids is 3. The van der Waals surface area contributed by atoms with E-state index in [0.29, 0.717) is 50.1 Å². The Hall–Kier alpha value is -4.30. The Kier molecular flexibility index (Phi) is 13.0. The van der Waals surface area contributed by atoms with Crippen LogP contribution in [0, 0.1) is 11.6 Å². The first-order valence-corrected chi connectivity index (χ1v) is 17.8. The predicted molar refractivity (Wildman–Crippen MR) is 191 cm³/mol. The van der Waals surface area contributed by atoms with Gasteiger partial charge in [0.2, 0.25) is 17.7 Å². The second kappa shape index (κ2) is 17.6. The summed E-state index contributed by atoms with van der Waals surface area (Å²) >= 11 is 1.06. The number of nitrogens with one attached hydrogen (secondary N) is 4. The number of amides is 3. The van der Waals surface area contributed by atoms with Gasteiger partial charge in [-0.15, -0.1) is 0 Å². The molecule has 0 aliphatic carbocycles. The summed E-state index contributed by atoms with van der Waals surface area (Å²) in [6.45, 7) is 0.724. The number of unbranched alkanes of at least 4 members (excludes halogenated alkanes) is 1. The minimum atomic E-state index is -1.05. The quantitative estimate of drug-likeness (QED) is 0.143. The van der Waals surface area contributed by atoms with Gasteiger partial charge >= 0.3 is 0 Å². The maximum Gasteiger partial charge on any atom is 0.245 e. The fourth-order valence-corrected chi connectivity index (χ4v) is 7.32. The van der Waals surface area contributed by atoms with Gasteiger partial charge in [0.25, 0.3) is 0 Å². The van der Waals surface area contributed by atoms with Crippen molar-refractivity contribution in [2.45, 2.75) is 79.5 Å². The van der Waals surface area contributed by atoms with Crippen LogP contribution in [0.1, 0.15) is 48.8 Å². The monoisotopic (exact) mass is 705 g/mol. The van der Waals surface area contributed by atoms with E-state index >= 15 is 8.78 Å². The van der Waals surface area contributed by atoms with E-state index < -0.39 is 41.6 Å². The van der Waals surface area contributed by atoms with E-state index in [-0.39, 0.29) is 35.9 Å². The highest BCUT2D eigenvalue weighted by Gasteiger charge is 2.34. The molecule has 2 heterocycles. The summed E-state index contributed by atoms with van der Waals surface area (Å²) in [5, 5.41) is 9.98. The normalized spacial score (nSPS) is 19.4. The van der Waals surface area contributed by atoms with Crippen LogP contribution >= 0.6 is 11.8 Å². The Morgan fingerprint density at radius 2 is 1.56 bits per heavy atom. The van der Waals surface area contributed by atoms with Crippen molar-refractivity contribution < 1.29 is 23.2 Å². The van der Waals surface area contributed by atoms with Gasteiger partial charge in [0.05, 0.1) is 10.9 Å². The Labute approximate surface area is 295 Å². The largest absolute Gasteiger partial charge is 0.361 e. The number of nitrogens with two attached hydrogens (primary N) is 2. The highest BCUT2D eigenvalue weighted by molar-refractivity contribution is 7.99. The second-order valence-corrected chi connectivity index (χ2v) is 13.6. The van der Waals surface area contributed by atoms with Gasteiger partial charge in [0.15, 0.2) is 0 Å². The fourth-order valence-electron chi connectivity index (χ4n) is 6.22. The molecule has 13 heteroatoms. The lowest BCUT2D eigenvalue weighted by atomic mass is 10.0. The molecular formula is C37H45F2N7O3S. The molecule has 3 amide bonds. The van der Waals surface area contributed by atoms with Gasteiger partial charge in [-0.2, -0.15) is 0 Å². The molecular weight excluding hydrogens is 661 g/mol. The van der Waals surface area contributed by atoms with E-state index in [0.717, 1.165) is 45.9 Å². The first-order valence-electron chi connectivity index (χ1n) is 17.0. The van der Waals surface area contributed by atoms with Crippen LogP contribution in [0.4, 0.5) is 8.78 Å². The minimum absolute atomic E-state index is 0.00687. The third kappa shape index (κ3) is 8.88. The van der Waals surface area contributed by atoms with Crippen molar-refractivity contribution in [2.75, 3.05) is 20.1 Å². The molecule has 0 radical (unpaired) electrons. The smallest absolute Gasteiger partial charge is 0.245 e. The van der Waals surface area contributed by atoms with E-state index in [1.54, 1.807) is 18.3 Å². The SMILES string of the molecule is CN1C(=O)[C@H](CCCCN)NC(=O)[C@H](CCCN)NCc2ccccc2Sc2c(F)ccc(F)c2CNC(=O)[C@@H]1Cc1c[nH]c2ccccc12. The zero-order valence-corrected chi connectivity index (χ0v) is 29.0. The predicted octanol–water partition coefficient (Wildman–Crippen LogP) is 4.11. The number of aromatic nitrogens is 1. The van der Waals surface area contributed by atoms with Crippen LogP contribution in [-0.2, 0) is 33.9 Å². The topological polar surface area (TPSA) is 158 Å². The molecule has 0 spiro atoms. The molecule has 4 aromatic rings. The van der Waals surface area contributed by atoms with Crippen molar-refractivity contribution in [3.8, 4) is 0 Å². The maximum absolute atomic E-state index is 15.5. The number of carbonyl (C=O) groups is 3. The first-order chi connectivity index (χ1) is 24.2. The number of nitrogens with zero attached hydrogens (tertiary/aromatic N) is 1. The molecule has 0 saturated heterocycles. The van der Waals surface area contributed by atoms with Crippen LogP contribution in [0.25, 0.3) is 10.9 Å². The van der Waals surface area contributed by atoms with Crippen molar-refractivity contribution in [3.05, 3.63) is 95.2 Å². The van der Waals surface area contributed by atoms with E-state index in [9.17, 15) is 14.4 Å². The summed E-state index contributed by atoms with van der Waals surface area (Å²) in [6.07, 6.45) is 4.42. The Morgan fingerprint density at radius 3 is 2.36 bits per heavy atom. The van der Waals surface area contributed by atoms with Crippen LogP contribution in [-0.4, -0.2) is 65.9 Å². The summed E-state index contributed by atoms with van der Waals surface area (Å²) in [5.74, 6) is -2.68. The van der Waals surface area contributed by atoms with Crippen molar-refractivity contribution in [2.24, 2.45) is 11.5 Å². The average molecular weight is 706 g/mol. The maximum atomic E-state index is 15.5. The van der Waals surface area contributed by atoms with E-state index in [2.05, 4.69) is 20.9 Å². The van der Waals surface area contributed by atoms with E-state index in [1.165, 1.54) is 11.9 Å². The van der Waals surface area contributed by atoms with Crippen LogP contribution < -0.4 is 27.4 Å². The summed E-state index contributed by atoms with van der Waals surface area (Å²) in [5.41, 5.74) is 14.0. The van der Waals surface area contributed by atoms with Gasteiger partial charge in [-0.25, -0.2) is 8.78 Å². The number of hydrogen-bond acceptors (Lipinski definition) is 7. The van der Waals surface area contributed by atoms with Gasteiger partial charge < -0.3 is 37.3 Å². The number of hydrogen-bond donors (Lipinski definition) is 6. The molecule has 3 aromatic carbocycles. The number of rotatable bonds is 9. The van der Waals surface area contributed by atoms with Crippen LogP contribution in [0.5, 0.6) is 0 Å². The molecule has 0 unspecified atom stereocenters. The lowest BCUT2D eigenvalue weighted by Crippen LogP contribution is -2.57. The number of fused-ring (bicyclic) bond motifs is 3. The zero-order valence-electron chi connectivity index (χ0n) is 28.1. The summed E-state index contributed by atoms with van der Waals surface area (Å²) in [4.78, 5) is 47.6. The summed E-state index contributed by atoms with van der Waals surface area (Å²) in [7, 11) is 1.53. The molecule has 0 bridgehead atoms. The average Bonchev–Trinajstić information content (AvgIpc) is 3.53. The van der Waals surface area contributed by atoms with Gasteiger partial charge in [-0.05, 0) is 80.6 Å². The molecule has 0 saturated carbocycles. The lowest BCUT2D eigenvalue weighted by Gasteiger charge is -2.32. The zero-order chi connectivity index (χ0) is 35.6. The molecule has 5 rings (SSSR count). The number of likely N-dealkylation sites (N-methyl/N-ethyl adjacent to an activating group) is 1. The third-order valence-electron chi connectivity index (χ3n) is 9.10. The van der Waals surface area contributed by atoms with Crippen molar-refractivity contribution in [1.29, 1.82) is 0 Å². The van der Waals surface area contributed by atoms with Crippen LogP contribution in [0.3, 0.4) is 0 Å². The second-order valence-electron chi connectivity index (χ2n) is 12.5. The molecule has 3 atom stereocenters. The fraction of sp³-hybridized carbons (Fsp3) is 0.378. The summed E-state index contributed by atoms with van der Waals surface area (Å²) in [6, 6.07) is 14.3. The molecule has 1 aromatic heterocycles. The number of aromatic amines is 1.